The molecule has 0 atom stereocenters. The first-order valence-electron chi connectivity index (χ1n) is 8.55. The Morgan fingerprint density at radius 3 is 2.38 bits per heavy atom. The van der Waals surface area contributed by atoms with Gasteiger partial charge in [-0.05, 0) is 35.7 Å². The van der Waals surface area contributed by atoms with Gasteiger partial charge in [0.1, 0.15) is 5.82 Å². The Morgan fingerprint density at radius 2 is 1.69 bits per heavy atom. The number of aromatic nitrogens is 2. The van der Waals surface area contributed by atoms with Crippen molar-refractivity contribution in [3.8, 4) is 0 Å². The maximum absolute atomic E-state index is 12.5. The number of nitrogens with one attached hydrogen (secondary N) is 1. The minimum Gasteiger partial charge on any atom is -0.364 e. The van der Waals surface area contributed by atoms with Gasteiger partial charge in [-0.15, -0.1) is 10.2 Å². The fourth-order valence-electron chi connectivity index (χ4n) is 2.66. The summed E-state index contributed by atoms with van der Waals surface area (Å²) >= 11 is 0. The van der Waals surface area contributed by atoms with Gasteiger partial charge in [-0.3, -0.25) is 4.79 Å². The number of rotatable bonds is 6. The van der Waals surface area contributed by atoms with Crippen LogP contribution >= 0.6 is 0 Å². The molecule has 0 spiro atoms. The molecule has 2 aromatic carbocycles. The summed E-state index contributed by atoms with van der Waals surface area (Å²) in [4.78, 5) is 14.1. The van der Waals surface area contributed by atoms with Crippen LogP contribution in [0.15, 0.2) is 66.7 Å². The highest BCUT2D eigenvalue weighted by Crippen LogP contribution is 2.11. The number of amides is 1. The van der Waals surface area contributed by atoms with E-state index in [1.54, 1.807) is 24.1 Å². The van der Waals surface area contributed by atoms with Crippen LogP contribution in [0, 0.1) is 6.92 Å². The highest BCUT2D eigenvalue weighted by atomic mass is 16.2. The molecule has 0 aliphatic heterocycles. The van der Waals surface area contributed by atoms with Crippen molar-refractivity contribution < 1.29 is 4.79 Å². The lowest BCUT2D eigenvalue weighted by Gasteiger charge is -2.16. The molecule has 0 unspecified atom stereocenters. The van der Waals surface area contributed by atoms with Crippen LogP contribution < -0.4 is 5.32 Å². The molecule has 3 aromatic rings. The summed E-state index contributed by atoms with van der Waals surface area (Å²) in [5.74, 6) is 0.502. The van der Waals surface area contributed by atoms with Crippen molar-refractivity contribution >= 4 is 11.7 Å². The molecule has 0 fully saturated rings. The lowest BCUT2D eigenvalue weighted by atomic mass is 10.1. The first-order valence-corrected chi connectivity index (χ1v) is 8.55. The molecular weight excluding hydrogens is 324 g/mol. The fourth-order valence-corrected chi connectivity index (χ4v) is 2.66. The molecule has 0 radical (unpaired) electrons. The zero-order chi connectivity index (χ0) is 18.4. The largest absolute Gasteiger partial charge is 0.364 e. The van der Waals surface area contributed by atoms with Crippen molar-refractivity contribution in [1.82, 2.24) is 15.1 Å². The standard InChI is InChI=1S/C21H22N4O/c1-16-8-6-7-11-18(16)14-22-20-13-12-19(23-24-20)21(26)25(2)15-17-9-4-3-5-10-17/h3-13H,14-15H2,1-2H3,(H,22,24). The smallest absolute Gasteiger partial charge is 0.274 e. The average Bonchev–Trinajstić information content (AvgIpc) is 2.68. The molecule has 5 nitrogen and oxygen atoms in total. The van der Waals surface area contributed by atoms with Gasteiger partial charge in [-0.25, -0.2) is 0 Å². The second-order valence-corrected chi connectivity index (χ2v) is 6.23. The van der Waals surface area contributed by atoms with Gasteiger partial charge in [0.25, 0.3) is 5.91 Å². The summed E-state index contributed by atoms with van der Waals surface area (Å²) in [6.45, 7) is 3.28. The molecule has 0 aliphatic carbocycles. The SMILES string of the molecule is Cc1ccccc1CNc1ccc(C(=O)N(C)Cc2ccccc2)nn1. The lowest BCUT2D eigenvalue weighted by molar-refractivity contribution is 0.0778. The molecule has 3 rings (SSSR count). The first kappa shape index (κ1) is 17.6. The minimum atomic E-state index is -0.146. The Bertz CT molecular complexity index is 863. The van der Waals surface area contributed by atoms with Crippen LogP contribution in [0.4, 0.5) is 5.82 Å². The minimum absolute atomic E-state index is 0.146. The number of carbonyl (C=O) groups is 1. The topological polar surface area (TPSA) is 58.1 Å². The van der Waals surface area contributed by atoms with E-state index >= 15 is 0 Å². The van der Waals surface area contributed by atoms with Crippen LogP contribution in [0.3, 0.4) is 0 Å². The number of anilines is 1. The molecule has 0 bridgehead atoms. The zero-order valence-corrected chi connectivity index (χ0v) is 15.0. The van der Waals surface area contributed by atoms with Crippen molar-refractivity contribution in [2.45, 2.75) is 20.0 Å². The van der Waals surface area contributed by atoms with Gasteiger partial charge in [-0.1, -0.05) is 54.6 Å². The van der Waals surface area contributed by atoms with Crippen molar-refractivity contribution in [1.29, 1.82) is 0 Å². The van der Waals surface area contributed by atoms with Gasteiger partial charge >= 0.3 is 0 Å². The summed E-state index contributed by atoms with van der Waals surface area (Å²) < 4.78 is 0. The number of carbonyl (C=O) groups excluding carboxylic acids is 1. The summed E-state index contributed by atoms with van der Waals surface area (Å²) in [7, 11) is 1.77. The molecule has 1 amide bonds. The van der Waals surface area contributed by atoms with Crippen LogP contribution in [-0.4, -0.2) is 28.1 Å². The van der Waals surface area contributed by atoms with Crippen molar-refractivity contribution in [2.75, 3.05) is 12.4 Å². The fraction of sp³-hybridized carbons (Fsp3) is 0.190. The number of hydrogen-bond acceptors (Lipinski definition) is 4. The molecule has 0 saturated heterocycles. The van der Waals surface area contributed by atoms with E-state index in [2.05, 4.69) is 34.6 Å². The van der Waals surface area contributed by atoms with E-state index < -0.39 is 0 Å². The van der Waals surface area contributed by atoms with Crippen molar-refractivity contribution in [3.63, 3.8) is 0 Å². The van der Waals surface area contributed by atoms with E-state index in [-0.39, 0.29) is 5.91 Å². The normalized spacial score (nSPS) is 10.4. The quantitative estimate of drug-likeness (QED) is 0.740. The Balaban J connectivity index is 1.60. The predicted molar refractivity (Wildman–Crippen MR) is 103 cm³/mol. The van der Waals surface area contributed by atoms with E-state index in [1.165, 1.54) is 11.1 Å². The van der Waals surface area contributed by atoms with E-state index in [0.717, 1.165) is 5.56 Å². The van der Waals surface area contributed by atoms with Crippen LogP contribution in [0.1, 0.15) is 27.2 Å². The first-order chi connectivity index (χ1) is 12.6. The highest BCUT2D eigenvalue weighted by molar-refractivity contribution is 5.92. The second kappa shape index (κ2) is 8.25. The molecule has 5 heteroatoms. The van der Waals surface area contributed by atoms with Crippen LogP contribution in [-0.2, 0) is 13.1 Å². The number of hydrogen-bond donors (Lipinski definition) is 1. The summed E-state index contributed by atoms with van der Waals surface area (Å²) in [5.41, 5.74) is 3.84. The summed E-state index contributed by atoms with van der Waals surface area (Å²) in [6.07, 6.45) is 0. The third kappa shape index (κ3) is 4.45. The molecular formula is C21H22N4O. The van der Waals surface area contributed by atoms with Crippen LogP contribution in [0.25, 0.3) is 0 Å². The summed E-state index contributed by atoms with van der Waals surface area (Å²) in [6, 6.07) is 21.5. The zero-order valence-electron chi connectivity index (χ0n) is 15.0. The van der Waals surface area contributed by atoms with Crippen molar-refractivity contribution in [3.05, 3.63) is 89.1 Å². The lowest BCUT2D eigenvalue weighted by Crippen LogP contribution is -2.27. The Hall–Kier alpha value is -3.21. The highest BCUT2D eigenvalue weighted by Gasteiger charge is 2.14. The van der Waals surface area contributed by atoms with Gasteiger partial charge in [0.05, 0.1) is 0 Å². The Morgan fingerprint density at radius 1 is 0.962 bits per heavy atom. The van der Waals surface area contributed by atoms with Gasteiger partial charge in [0, 0.05) is 20.1 Å². The summed E-state index contributed by atoms with van der Waals surface area (Å²) in [5, 5.41) is 11.4. The van der Waals surface area contributed by atoms with E-state index in [9.17, 15) is 4.79 Å². The molecule has 0 saturated carbocycles. The van der Waals surface area contributed by atoms with Crippen molar-refractivity contribution in [2.24, 2.45) is 0 Å². The monoisotopic (exact) mass is 346 g/mol. The van der Waals surface area contributed by atoms with Gasteiger partial charge in [-0.2, -0.15) is 0 Å². The van der Waals surface area contributed by atoms with E-state index in [0.29, 0.717) is 24.6 Å². The maximum Gasteiger partial charge on any atom is 0.274 e. The van der Waals surface area contributed by atoms with Gasteiger partial charge in [0.2, 0.25) is 0 Å². The third-order valence-electron chi connectivity index (χ3n) is 4.21. The van der Waals surface area contributed by atoms with Gasteiger partial charge < -0.3 is 10.2 Å². The Labute approximate surface area is 153 Å². The Kier molecular flexibility index (Phi) is 5.59. The van der Waals surface area contributed by atoms with E-state index in [4.69, 9.17) is 0 Å². The third-order valence-corrected chi connectivity index (χ3v) is 4.21. The molecule has 26 heavy (non-hydrogen) atoms. The van der Waals surface area contributed by atoms with Gasteiger partial charge in [0.15, 0.2) is 5.69 Å². The molecule has 132 valence electrons. The van der Waals surface area contributed by atoms with E-state index in [1.807, 2.05) is 42.5 Å². The number of nitrogens with zero attached hydrogens (tertiary/aromatic N) is 3. The number of benzene rings is 2. The maximum atomic E-state index is 12.5. The van der Waals surface area contributed by atoms with Crippen LogP contribution in [0.5, 0.6) is 0 Å². The second-order valence-electron chi connectivity index (χ2n) is 6.23. The molecule has 1 aromatic heterocycles. The number of aryl methyl sites for hydroxylation is 1. The van der Waals surface area contributed by atoms with Crippen LogP contribution in [0.2, 0.25) is 0 Å². The predicted octanol–water partition coefficient (Wildman–Crippen LogP) is 3.67. The molecule has 1 N–H and O–H groups in total. The average molecular weight is 346 g/mol. The molecule has 0 aliphatic rings. The molecule has 1 heterocycles.